The Kier molecular flexibility index (Phi) is 5.19. The second kappa shape index (κ2) is 7.53. The average molecular weight is 356 g/mol. The highest BCUT2D eigenvalue weighted by molar-refractivity contribution is 7.18. The van der Waals surface area contributed by atoms with Crippen LogP contribution in [0.5, 0.6) is 11.5 Å². The first-order valence-electron chi connectivity index (χ1n) is 7.97. The van der Waals surface area contributed by atoms with Gasteiger partial charge < -0.3 is 14.4 Å². The van der Waals surface area contributed by atoms with E-state index in [-0.39, 0.29) is 5.91 Å². The van der Waals surface area contributed by atoms with Crippen LogP contribution in [0.2, 0.25) is 0 Å². The van der Waals surface area contributed by atoms with Gasteiger partial charge in [-0.2, -0.15) is 0 Å². The lowest BCUT2D eigenvalue weighted by Crippen LogP contribution is -2.37. The third-order valence-corrected chi connectivity index (χ3v) is 4.83. The Morgan fingerprint density at radius 3 is 2.52 bits per heavy atom. The Morgan fingerprint density at radius 2 is 1.84 bits per heavy atom. The summed E-state index contributed by atoms with van der Waals surface area (Å²) in [5, 5.41) is 0.911. The van der Waals surface area contributed by atoms with Gasteiger partial charge in [-0.05, 0) is 43.3 Å². The topological polar surface area (TPSA) is 51.7 Å². The first kappa shape index (κ1) is 17.2. The minimum absolute atomic E-state index is 0.0879. The van der Waals surface area contributed by atoms with Crippen LogP contribution >= 0.6 is 11.3 Å². The van der Waals surface area contributed by atoms with Crippen LogP contribution in [0.15, 0.2) is 48.5 Å². The Labute approximate surface area is 150 Å². The lowest BCUT2D eigenvalue weighted by molar-refractivity contribution is -0.137. The van der Waals surface area contributed by atoms with Crippen LogP contribution in [0, 0.1) is 0 Å². The second-order valence-electron chi connectivity index (χ2n) is 5.71. The van der Waals surface area contributed by atoms with Crippen LogP contribution < -0.4 is 9.47 Å². The standard InChI is InChI=1S/C19H20N2O3S/c1-13(24-15-10-8-14(23-3)9-11-15)19(22)21(2)12-18-20-16-6-4-5-7-17(16)25-18/h4-11,13H,12H2,1-3H3/t13-/m0/s1. The van der Waals surface area contributed by atoms with E-state index in [9.17, 15) is 4.79 Å². The molecule has 0 spiro atoms. The van der Waals surface area contributed by atoms with Crippen LogP contribution in [-0.4, -0.2) is 36.1 Å². The van der Waals surface area contributed by atoms with Gasteiger partial charge in [0.15, 0.2) is 6.10 Å². The van der Waals surface area contributed by atoms with Crippen LogP contribution in [0.3, 0.4) is 0 Å². The second-order valence-corrected chi connectivity index (χ2v) is 6.82. The fraction of sp³-hybridized carbons (Fsp3) is 0.263. The first-order valence-corrected chi connectivity index (χ1v) is 8.78. The highest BCUT2D eigenvalue weighted by Crippen LogP contribution is 2.23. The van der Waals surface area contributed by atoms with Crippen molar-refractivity contribution < 1.29 is 14.3 Å². The molecule has 0 N–H and O–H groups in total. The molecule has 25 heavy (non-hydrogen) atoms. The minimum Gasteiger partial charge on any atom is -0.497 e. The van der Waals surface area contributed by atoms with Crippen molar-refractivity contribution in [3.05, 3.63) is 53.5 Å². The van der Waals surface area contributed by atoms with Crippen LogP contribution in [-0.2, 0) is 11.3 Å². The van der Waals surface area contributed by atoms with Crippen molar-refractivity contribution in [1.82, 2.24) is 9.88 Å². The molecule has 1 amide bonds. The van der Waals surface area contributed by atoms with Gasteiger partial charge in [0, 0.05) is 7.05 Å². The molecular weight excluding hydrogens is 336 g/mol. The van der Waals surface area contributed by atoms with Gasteiger partial charge in [-0.1, -0.05) is 12.1 Å². The molecule has 0 radical (unpaired) electrons. The molecule has 0 aliphatic heterocycles. The van der Waals surface area contributed by atoms with Gasteiger partial charge in [0.2, 0.25) is 0 Å². The van der Waals surface area contributed by atoms with Gasteiger partial charge in [-0.3, -0.25) is 4.79 Å². The highest BCUT2D eigenvalue weighted by Gasteiger charge is 2.20. The van der Waals surface area contributed by atoms with E-state index in [4.69, 9.17) is 9.47 Å². The van der Waals surface area contributed by atoms with E-state index in [1.807, 2.05) is 24.3 Å². The monoisotopic (exact) mass is 356 g/mol. The molecule has 0 saturated carbocycles. The zero-order chi connectivity index (χ0) is 17.8. The minimum atomic E-state index is -0.576. The molecule has 3 aromatic rings. The molecular formula is C19H20N2O3S. The Balaban J connectivity index is 1.62. The number of likely N-dealkylation sites (N-methyl/N-ethyl adjacent to an activating group) is 1. The van der Waals surface area contributed by atoms with Crippen molar-refractivity contribution in [1.29, 1.82) is 0 Å². The predicted octanol–water partition coefficient (Wildman–Crippen LogP) is 3.73. The maximum Gasteiger partial charge on any atom is 0.263 e. The molecule has 1 atom stereocenters. The third kappa shape index (κ3) is 4.09. The number of hydrogen-bond acceptors (Lipinski definition) is 5. The van der Waals surface area contributed by atoms with Gasteiger partial charge >= 0.3 is 0 Å². The predicted molar refractivity (Wildman–Crippen MR) is 99.2 cm³/mol. The summed E-state index contributed by atoms with van der Waals surface area (Å²) in [5.41, 5.74) is 0.964. The van der Waals surface area contributed by atoms with Gasteiger partial charge in [0.25, 0.3) is 5.91 Å². The number of nitrogens with zero attached hydrogens (tertiary/aromatic N) is 2. The molecule has 1 aromatic heterocycles. The van der Waals surface area contributed by atoms with Crippen LogP contribution in [0.4, 0.5) is 0 Å². The molecule has 5 nitrogen and oxygen atoms in total. The van der Waals surface area contributed by atoms with Crippen LogP contribution in [0.1, 0.15) is 11.9 Å². The fourth-order valence-corrected chi connectivity index (χ4v) is 3.51. The maximum atomic E-state index is 12.5. The van der Waals surface area contributed by atoms with Crippen molar-refractivity contribution in [2.75, 3.05) is 14.2 Å². The normalized spacial score (nSPS) is 12.0. The Hall–Kier alpha value is -2.60. The first-order chi connectivity index (χ1) is 12.1. The number of benzene rings is 2. The lowest BCUT2D eigenvalue weighted by Gasteiger charge is -2.21. The summed E-state index contributed by atoms with van der Waals surface area (Å²) in [5.74, 6) is 1.30. The highest BCUT2D eigenvalue weighted by atomic mass is 32.1. The maximum absolute atomic E-state index is 12.5. The van der Waals surface area contributed by atoms with Crippen LogP contribution in [0.25, 0.3) is 10.2 Å². The number of carbonyl (C=O) groups excluding carboxylic acids is 1. The van der Waals surface area contributed by atoms with Crippen molar-refractivity contribution in [3.63, 3.8) is 0 Å². The molecule has 0 unspecified atom stereocenters. The smallest absolute Gasteiger partial charge is 0.263 e. The van der Waals surface area contributed by atoms with Gasteiger partial charge in [-0.25, -0.2) is 4.98 Å². The summed E-state index contributed by atoms with van der Waals surface area (Å²) in [6.07, 6.45) is -0.576. The summed E-state index contributed by atoms with van der Waals surface area (Å²) >= 11 is 1.60. The SMILES string of the molecule is COc1ccc(O[C@@H](C)C(=O)N(C)Cc2nc3ccccc3s2)cc1. The molecule has 0 saturated heterocycles. The zero-order valence-electron chi connectivity index (χ0n) is 14.4. The molecule has 0 aliphatic rings. The zero-order valence-corrected chi connectivity index (χ0v) is 15.2. The number of fused-ring (bicyclic) bond motifs is 1. The molecule has 6 heteroatoms. The average Bonchev–Trinajstić information content (AvgIpc) is 3.03. The summed E-state index contributed by atoms with van der Waals surface area (Å²) in [7, 11) is 3.38. The number of amides is 1. The fourth-order valence-electron chi connectivity index (χ4n) is 2.49. The van der Waals surface area contributed by atoms with Crippen molar-refractivity contribution in [2.45, 2.75) is 19.6 Å². The van der Waals surface area contributed by atoms with Crippen molar-refractivity contribution in [3.8, 4) is 11.5 Å². The molecule has 0 fully saturated rings. The number of ether oxygens (including phenoxy) is 2. The number of rotatable bonds is 6. The number of carbonyl (C=O) groups is 1. The van der Waals surface area contributed by atoms with E-state index in [2.05, 4.69) is 4.98 Å². The number of methoxy groups -OCH3 is 1. The van der Waals surface area contributed by atoms with E-state index in [0.717, 1.165) is 21.0 Å². The lowest BCUT2D eigenvalue weighted by atomic mass is 10.3. The molecule has 0 aliphatic carbocycles. The number of aromatic nitrogens is 1. The number of thiazole rings is 1. The quantitative estimate of drug-likeness (QED) is 0.675. The largest absolute Gasteiger partial charge is 0.497 e. The van der Waals surface area contributed by atoms with E-state index in [1.165, 1.54) is 0 Å². The molecule has 2 aromatic carbocycles. The van der Waals surface area contributed by atoms with E-state index < -0.39 is 6.10 Å². The molecule has 0 bridgehead atoms. The third-order valence-electron chi connectivity index (χ3n) is 3.81. The Morgan fingerprint density at radius 1 is 1.16 bits per heavy atom. The number of para-hydroxylation sites is 1. The van der Waals surface area contributed by atoms with Crippen molar-refractivity contribution >= 4 is 27.5 Å². The molecule has 1 heterocycles. The summed E-state index contributed by atoms with van der Waals surface area (Å²) in [4.78, 5) is 18.8. The van der Waals surface area contributed by atoms with Gasteiger partial charge in [0.05, 0.1) is 23.9 Å². The van der Waals surface area contributed by atoms with E-state index >= 15 is 0 Å². The summed E-state index contributed by atoms with van der Waals surface area (Å²) in [6.45, 7) is 2.22. The number of hydrogen-bond donors (Lipinski definition) is 0. The summed E-state index contributed by atoms with van der Waals surface area (Å²) < 4.78 is 12.0. The summed E-state index contributed by atoms with van der Waals surface area (Å²) in [6, 6.07) is 15.1. The van der Waals surface area contributed by atoms with E-state index in [0.29, 0.717) is 12.3 Å². The Bertz CT molecular complexity index is 827. The van der Waals surface area contributed by atoms with E-state index in [1.54, 1.807) is 61.6 Å². The van der Waals surface area contributed by atoms with Gasteiger partial charge in [-0.15, -0.1) is 11.3 Å². The molecule has 130 valence electrons. The van der Waals surface area contributed by atoms with Gasteiger partial charge in [0.1, 0.15) is 16.5 Å². The molecule has 3 rings (SSSR count). The van der Waals surface area contributed by atoms with Crippen molar-refractivity contribution in [2.24, 2.45) is 0 Å².